The van der Waals surface area contributed by atoms with Crippen LogP contribution in [0, 0.1) is 0 Å². The van der Waals surface area contributed by atoms with Gasteiger partial charge in [-0.05, 0) is 18.2 Å². The number of esters is 1. The van der Waals surface area contributed by atoms with Gasteiger partial charge in [0, 0.05) is 12.4 Å². The number of ether oxygens (including phenoxy) is 1. The number of nitrogens with zero attached hydrogens (tertiary/aromatic N) is 2. The summed E-state index contributed by atoms with van der Waals surface area (Å²) in [4.78, 5) is 36.5. The molecule has 0 aliphatic heterocycles. The van der Waals surface area contributed by atoms with Crippen LogP contribution in [0.1, 0.15) is 10.5 Å². The summed E-state index contributed by atoms with van der Waals surface area (Å²) in [5.41, 5.74) is -0.0901. The first-order valence-electron chi connectivity index (χ1n) is 7.75. The van der Waals surface area contributed by atoms with Crippen LogP contribution in [-0.2, 0) is 16.6 Å². The van der Waals surface area contributed by atoms with Crippen LogP contribution in [-0.4, -0.2) is 28.3 Å². The molecular formula is C18H13Cl2N3O4. The lowest BCUT2D eigenvalue weighted by molar-refractivity contribution is -0.119. The smallest absolute Gasteiger partial charge is 0.359 e. The average molecular weight is 406 g/mol. The van der Waals surface area contributed by atoms with Gasteiger partial charge < -0.3 is 10.1 Å². The first-order chi connectivity index (χ1) is 12.9. The second-order valence-corrected chi connectivity index (χ2v) is 6.33. The van der Waals surface area contributed by atoms with Crippen LogP contribution in [0.3, 0.4) is 0 Å². The van der Waals surface area contributed by atoms with Crippen LogP contribution in [0.4, 0.5) is 5.69 Å². The number of fused-ring (bicyclic) bond motifs is 1. The summed E-state index contributed by atoms with van der Waals surface area (Å²) >= 11 is 11.9. The van der Waals surface area contributed by atoms with Crippen molar-refractivity contribution in [3.63, 3.8) is 0 Å². The highest BCUT2D eigenvalue weighted by molar-refractivity contribution is 6.44. The Morgan fingerprint density at radius 1 is 1.11 bits per heavy atom. The fourth-order valence-corrected chi connectivity index (χ4v) is 2.78. The predicted molar refractivity (Wildman–Crippen MR) is 102 cm³/mol. The SMILES string of the molecule is Cn1nc(C(=O)OCC(=O)Nc2cccc(Cl)c2Cl)c2ccccc2c1=O. The third kappa shape index (κ3) is 3.94. The van der Waals surface area contributed by atoms with Crippen molar-refractivity contribution < 1.29 is 14.3 Å². The van der Waals surface area contributed by atoms with Crippen LogP contribution < -0.4 is 10.9 Å². The van der Waals surface area contributed by atoms with E-state index in [-0.39, 0.29) is 21.3 Å². The van der Waals surface area contributed by atoms with Crippen molar-refractivity contribution in [2.75, 3.05) is 11.9 Å². The molecule has 0 aliphatic carbocycles. The zero-order chi connectivity index (χ0) is 19.6. The van der Waals surface area contributed by atoms with Crippen molar-refractivity contribution in [1.29, 1.82) is 0 Å². The number of hydrogen-bond donors (Lipinski definition) is 1. The van der Waals surface area contributed by atoms with E-state index >= 15 is 0 Å². The Hall–Kier alpha value is -2.90. The van der Waals surface area contributed by atoms with Crippen LogP contribution in [0.2, 0.25) is 10.0 Å². The van der Waals surface area contributed by atoms with Gasteiger partial charge in [-0.2, -0.15) is 5.10 Å². The number of nitrogens with one attached hydrogen (secondary N) is 1. The van der Waals surface area contributed by atoms with Crippen LogP contribution in [0.25, 0.3) is 10.8 Å². The van der Waals surface area contributed by atoms with Gasteiger partial charge >= 0.3 is 5.97 Å². The van der Waals surface area contributed by atoms with Crippen molar-refractivity contribution in [1.82, 2.24) is 9.78 Å². The predicted octanol–water partition coefficient (Wildman–Crippen LogP) is 3.04. The quantitative estimate of drug-likeness (QED) is 0.673. The lowest BCUT2D eigenvalue weighted by Crippen LogP contribution is -2.26. The summed E-state index contributed by atoms with van der Waals surface area (Å²) in [5.74, 6) is -1.42. The normalized spacial score (nSPS) is 10.6. The maximum Gasteiger partial charge on any atom is 0.359 e. The van der Waals surface area contributed by atoms with Crippen molar-refractivity contribution >= 4 is 51.5 Å². The molecule has 9 heteroatoms. The summed E-state index contributed by atoms with van der Waals surface area (Å²) in [6, 6.07) is 11.3. The topological polar surface area (TPSA) is 90.3 Å². The summed E-state index contributed by atoms with van der Waals surface area (Å²) in [6.45, 7) is -0.555. The van der Waals surface area contributed by atoms with Crippen molar-refractivity contribution in [2.45, 2.75) is 0 Å². The summed E-state index contributed by atoms with van der Waals surface area (Å²) in [5, 5.41) is 7.61. The number of carbonyl (C=O) groups is 2. The lowest BCUT2D eigenvalue weighted by atomic mass is 10.1. The molecule has 0 saturated carbocycles. The highest BCUT2D eigenvalue weighted by Gasteiger charge is 2.18. The number of halogens is 2. The highest BCUT2D eigenvalue weighted by Crippen LogP contribution is 2.29. The zero-order valence-corrected chi connectivity index (χ0v) is 15.5. The minimum Gasteiger partial charge on any atom is -0.451 e. The third-order valence-electron chi connectivity index (χ3n) is 3.71. The molecule has 1 heterocycles. The molecule has 0 radical (unpaired) electrons. The largest absolute Gasteiger partial charge is 0.451 e. The van der Waals surface area contributed by atoms with E-state index in [1.54, 1.807) is 42.5 Å². The first kappa shape index (κ1) is 18.9. The maximum atomic E-state index is 12.4. The Bertz CT molecular complexity index is 1110. The Morgan fingerprint density at radius 3 is 2.56 bits per heavy atom. The number of carbonyl (C=O) groups excluding carboxylic acids is 2. The molecule has 0 spiro atoms. The molecule has 2 aromatic carbocycles. The third-order valence-corrected chi connectivity index (χ3v) is 4.53. The lowest BCUT2D eigenvalue weighted by Gasteiger charge is -2.10. The fraction of sp³-hybridized carbons (Fsp3) is 0.111. The molecular weight excluding hydrogens is 393 g/mol. The molecule has 138 valence electrons. The number of rotatable bonds is 4. The minimum absolute atomic E-state index is 0.0544. The molecule has 0 aliphatic rings. The summed E-state index contributed by atoms with van der Waals surface area (Å²) < 4.78 is 6.08. The van der Waals surface area contributed by atoms with Crippen molar-refractivity contribution in [2.24, 2.45) is 7.05 Å². The van der Waals surface area contributed by atoms with Gasteiger partial charge in [0.05, 0.1) is 21.1 Å². The molecule has 0 unspecified atom stereocenters. The van der Waals surface area contributed by atoms with E-state index in [2.05, 4.69) is 10.4 Å². The molecule has 1 N–H and O–H groups in total. The van der Waals surface area contributed by atoms with E-state index in [0.717, 1.165) is 4.68 Å². The fourth-order valence-electron chi connectivity index (χ4n) is 2.44. The van der Waals surface area contributed by atoms with Gasteiger partial charge in [0.1, 0.15) is 0 Å². The van der Waals surface area contributed by atoms with Crippen LogP contribution in [0.5, 0.6) is 0 Å². The average Bonchev–Trinajstić information content (AvgIpc) is 2.66. The van der Waals surface area contributed by atoms with E-state index in [9.17, 15) is 14.4 Å². The van der Waals surface area contributed by atoms with E-state index in [4.69, 9.17) is 27.9 Å². The summed E-state index contributed by atoms with van der Waals surface area (Å²) in [7, 11) is 1.43. The molecule has 1 aromatic heterocycles. The number of benzene rings is 2. The van der Waals surface area contributed by atoms with Gasteiger partial charge in [0.25, 0.3) is 11.5 Å². The van der Waals surface area contributed by atoms with Gasteiger partial charge in [-0.1, -0.05) is 47.5 Å². The number of anilines is 1. The molecule has 3 aromatic rings. The number of aryl methyl sites for hydroxylation is 1. The standard InChI is InChI=1S/C18H13Cl2N3O4/c1-23-17(25)11-6-3-2-5-10(11)16(22-23)18(26)27-9-14(24)21-13-8-4-7-12(19)15(13)20/h2-8H,9H2,1H3,(H,21,24). The molecule has 0 bridgehead atoms. The Morgan fingerprint density at radius 2 is 1.81 bits per heavy atom. The van der Waals surface area contributed by atoms with E-state index in [1.165, 1.54) is 7.05 Å². The summed E-state index contributed by atoms with van der Waals surface area (Å²) in [6.07, 6.45) is 0. The minimum atomic E-state index is -0.825. The maximum absolute atomic E-state index is 12.4. The second-order valence-electron chi connectivity index (χ2n) is 5.55. The molecule has 3 rings (SSSR count). The van der Waals surface area contributed by atoms with Crippen LogP contribution in [0.15, 0.2) is 47.3 Å². The van der Waals surface area contributed by atoms with Gasteiger partial charge in [-0.15, -0.1) is 0 Å². The molecule has 1 amide bonds. The molecule has 0 atom stereocenters. The van der Waals surface area contributed by atoms with E-state index in [0.29, 0.717) is 16.5 Å². The van der Waals surface area contributed by atoms with Gasteiger partial charge in [-0.25, -0.2) is 9.48 Å². The highest BCUT2D eigenvalue weighted by atomic mass is 35.5. The van der Waals surface area contributed by atoms with Gasteiger partial charge in [0.15, 0.2) is 12.3 Å². The number of aromatic nitrogens is 2. The Labute approximate surface area is 163 Å². The first-order valence-corrected chi connectivity index (χ1v) is 8.51. The molecule has 0 fully saturated rings. The monoisotopic (exact) mass is 405 g/mol. The number of hydrogen-bond acceptors (Lipinski definition) is 5. The number of amides is 1. The molecule has 0 saturated heterocycles. The van der Waals surface area contributed by atoms with Gasteiger partial charge in [-0.3, -0.25) is 9.59 Å². The van der Waals surface area contributed by atoms with E-state index in [1.807, 2.05) is 0 Å². The molecule has 27 heavy (non-hydrogen) atoms. The van der Waals surface area contributed by atoms with Crippen molar-refractivity contribution in [3.8, 4) is 0 Å². The second kappa shape index (κ2) is 7.77. The zero-order valence-electron chi connectivity index (χ0n) is 14.0. The Balaban J connectivity index is 1.76. The van der Waals surface area contributed by atoms with Crippen molar-refractivity contribution in [3.05, 3.63) is 68.6 Å². The Kier molecular flexibility index (Phi) is 5.43. The van der Waals surface area contributed by atoms with Crippen LogP contribution >= 0.6 is 23.2 Å². The molecule has 7 nitrogen and oxygen atoms in total. The van der Waals surface area contributed by atoms with E-state index < -0.39 is 18.5 Å². The van der Waals surface area contributed by atoms with Gasteiger partial charge in [0.2, 0.25) is 0 Å².